The Labute approximate surface area is 212 Å². The maximum absolute atomic E-state index is 13.7. The van der Waals surface area contributed by atoms with Crippen LogP contribution >= 0.6 is 23.2 Å². The van der Waals surface area contributed by atoms with Crippen LogP contribution in [0.4, 0.5) is 18.9 Å². The minimum atomic E-state index is -4.59. The van der Waals surface area contributed by atoms with Crippen molar-refractivity contribution in [2.75, 3.05) is 11.9 Å². The Balaban J connectivity index is 1.93. The summed E-state index contributed by atoms with van der Waals surface area (Å²) in [6, 6.07) is 4.60. The van der Waals surface area contributed by atoms with Crippen molar-refractivity contribution in [2.45, 2.75) is 51.8 Å². The van der Waals surface area contributed by atoms with E-state index in [4.69, 9.17) is 27.9 Å². The van der Waals surface area contributed by atoms with Crippen LogP contribution in [0, 0.1) is 23.2 Å². The summed E-state index contributed by atoms with van der Waals surface area (Å²) in [5.41, 5.74) is -0.510. The molecule has 5 nitrogen and oxygen atoms in total. The van der Waals surface area contributed by atoms with Gasteiger partial charge in [0, 0.05) is 11.6 Å². The minimum Gasteiger partial charge on any atom is -0.481 e. The lowest BCUT2D eigenvalue weighted by molar-refractivity contribution is -0.188. The van der Waals surface area contributed by atoms with E-state index in [1.807, 2.05) is 0 Å². The summed E-state index contributed by atoms with van der Waals surface area (Å²) in [5, 5.41) is 13.0. The molecule has 1 amide bonds. The number of carboxylic acid groups (broad SMARTS) is 1. The van der Waals surface area contributed by atoms with Crippen LogP contribution in [0.3, 0.4) is 0 Å². The number of anilines is 1. The number of hydrogen-bond donors (Lipinski definition) is 2. The number of ether oxygens (including phenoxy) is 1. The van der Waals surface area contributed by atoms with Gasteiger partial charge in [-0.1, -0.05) is 54.8 Å². The van der Waals surface area contributed by atoms with E-state index >= 15 is 0 Å². The van der Waals surface area contributed by atoms with Crippen LogP contribution in [-0.4, -0.2) is 29.8 Å². The molecule has 0 bridgehead atoms. The van der Waals surface area contributed by atoms with E-state index < -0.39 is 47.3 Å². The highest BCUT2D eigenvalue weighted by Gasteiger charge is 2.52. The van der Waals surface area contributed by atoms with Gasteiger partial charge in [-0.2, -0.15) is 13.2 Å². The Bertz CT molecular complexity index is 1020. The van der Waals surface area contributed by atoms with Gasteiger partial charge in [-0.25, -0.2) is 0 Å². The van der Waals surface area contributed by atoms with Crippen LogP contribution in [0.2, 0.25) is 5.02 Å². The lowest BCUT2D eigenvalue weighted by atomic mass is 9.63. The van der Waals surface area contributed by atoms with Gasteiger partial charge in [-0.15, -0.1) is 0 Å². The highest BCUT2D eigenvalue weighted by atomic mass is 35.5. The molecule has 4 atom stereocenters. The molecule has 10 heteroatoms. The fraction of sp³-hybridized carbons (Fsp3) is 0.520. The summed E-state index contributed by atoms with van der Waals surface area (Å²) in [7, 11) is 0. The van der Waals surface area contributed by atoms with Gasteiger partial charge in [0.1, 0.15) is 0 Å². The Morgan fingerprint density at radius 1 is 1.29 bits per heavy atom. The molecule has 0 radical (unpaired) electrons. The first kappa shape index (κ1) is 27.6. The topological polar surface area (TPSA) is 75.6 Å². The normalized spacial score (nSPS) is 21.9. The SMILES string of the molecule is CCOC(c1ccc(Cl)c(NC(=O)[C@H](C2C=CC(Cl)=CC2)[C@@H](C)C(F)(F)F)c1)C1(C(=O)O)CCC1. The van der Waals surface area contributed by atoms with E-state index in [1.54, 1.807) is 19.1 Å². The number of carboxylic acids is 1. The van der Waals surface area contributed by atoms with Crippen molar-refractivity contribution < 1.29 is 32.6 Å². The summed E-state index contributed by atoms with van der Waals surface area (Å²) in [4.78, 5) is 25.3. The van der Waals surface area contributed by atoms with Crippen molar-refractivity contribution in [3.8, 4) is 0 Å². The smallest absolute Gasteiger partial charge is 0.392 e. The number of aliphatic carboxylic acids is 1. The zero-order chi connectivity index (χ0) is 26.0. The first-order valence-electron chi connectivity index (χ1n) is 11.5. The summed E-state index contributed by atoms with van der Waals surface area (Å²) >= 11 is 12.2. The number of amides is 1. The number of hydrogen-bond acceptors (Lipinski definition) is 3. The van der Waals surface area contributed by atoms with Gasteiger partial charge in [0.15, 0.2) is 0 Å². The van der Waals surface area contributed by atoms with Crippen molar-refractivity contribution in [3.63, 3.8) is 0 Å². The molecule has 2 unspecified atom stereocenters. The van der Waals surface area contributed by atoms with Gasteiger partial charge < -0.3 is 15.2 Å². The molecule has 35 heavy (non-hydrogen) atoms. The summed E-state index contributed by atoms with van der Waals surface area (Å²) in [5.74, 6) is -5.87. The average molecular weight is 534 g/mol. The number of nitrogens with one attached hydrogen (secondary N) is 1. The molecule has 0 spiro atoms. The summed E-state index contributed by atoms with van der Waals surface area (Å²) in [6.45, 7) is 3.00. The molecule has 1 aromatic carbocycles. The average Bonchev–Trinajstić information content (AvgIpc) is 2.74. The Morgan fingerprint density at radius 3 is 2.46 bits per heavy atom. The third-order valence-corrected chi connectivity index (χ3v) is 7.57. The van der Waals surface area contributed by atoms with Crippen molar-refractivity contribution in [3.05, 3.63) is 52.0 Å². The second kappa shape index (κ2) is 10.9. The van der Waals surface area contributed by atoms with Gasteiger partial charge in [-0.3, -0.25) is 9.59 Å². The largest absolute Gasteiger partial charge is 0.481 e. The van der Waals surface area contributed by atoms with Crippen molar-refractivity contribution in [1.29, 1.82) is 0 Å². The molecule has 3 rings (SSSR count). The van der Waals surface area contributed by atoms with Crippen LogP contribution in [0.15, 0.2) is 41.5 Å². The zero-order valence-corrected chi connectivity index (χ0v) is 20.9. The molecule has 1 aromatic rings. The summed E-state index contributed by atoms with van der Waals surface area (Å²) < 4.78 is 46.8. The third-order valence-electron chi connectivity index (χ3n) is 6.96. The minimum absolute atomic E-state index is 0.103. The number of rotatable bonds is 9. The number of carbonyl (C=O) groups excluding carboxylic acids is 1. The van der Waals surface area contributed by atoms with E-state index in [2.05, 4.69) is 5.32 Å². The molecule has 2 aliphatic carbocycles. The first-order valence-corrected chi connectivity index (χ1v) is 12.2. The van der Waals surface area contributed by atoms with Gasteiger partial charge in [-0.05, 0) is 55.9 Å². The molecule has 0 aliphatic heterocycles. The van der Waals surface area contributed by atoms with Gasteiger partial charge in [0.05, 0.1) is 34.1 Å². The number of benzene rings is 1. The van der Waals surface area contributed by atoms with Crippen LogP contribution in [0.5, 0.6) is 0 Å². The zero-order valence-electron chi connectivity index (χ0n) is 19.4. The van der Waals surface area contributed by atoms with Crippen molar-refractivity contribution in [1.82, 2.24) is 0 Å². The van der Waals surface area contributed by atoms with Crippen LogP contribution in [-0.2, 0) is 14.3 Å². The molecule has 1 fully saturated rings. The van der Waals surface area contributed by atoms with E-state index in [9.17, 15) is 27.9 Å². The molecule has 1 saturated carbocycles. The lowest BCUT2D eigenvalue weighted by Gasteiger charge is -2.43. The quantitative estimate of drug-likeness (QED) is 0.354. The second-order valence-corrected chi connectivity index (χ2v) is 9.93. The Hall–Kier alpha value is -2.03. The van der Waals surface area contributed by atoms with Crippen LogP contribution < -0.4 is 5.32 Å². The molecule has 2 N–H and O–H groups in total. The predicted octanol–water partition coefficient (Wildman–Crippen LogP) is 7.12. The number of halogens is 5. The highest BCUT2D eigenvalue weighted by Crippen LogP contribution is 2.53. The monoisotopic (exact) mass is 533 g/mol. The molecule has 0 saturated heterocycles. The lowest BCUT2D eigenvalue weighted by Crippen LogP contribution is -2.44. The molecule has 192 valence electrons. The number of allylic oxidation sites excluding steroid dienone is 4. The van der Waals surface area contributed by atoms with Crippen LogP contribution in [0.1, 0.15) is 51.2 Å². The van der Waals surface area contributed by atoms with Crippen molar-refractivity contribution >= 4 is 40.8 Å². The fourth-order valence-electron chi connectivity index (χ4n) is 4.78. The molecule has 0 aromatic heterocycles. The van der Waals surface area contributed by atoms with Crippen LogP contribution in [0.25, 0.3) is 0 Å². The predicted molar refractivity (Wildman–Crippen MR) is 128 cm³/mol. The molecule has 0 heterocycles. The van der Waals surface area contributed by atoms with Gasteiger partial charge in [0.25, 0.3) is 0 Å². The van der Waals surface area contributed by atoms with E-state index in [0.29, 0.717) is 23.4 Å². The molecular weight excluding hydrogens is 506 g/mol. The van der Waals surface area contributed by atoms with Gasteiger partial charge in [0.2, 0.25) is 5.91 Å². The summed E-state index contributed by atoms with van der Waals surface area (Å²) in [6.07, 6.45) is 1.02. The fourth-order valence-corrected chi connectivity index (χ4v) is 5.10. The Kier molecular flexibility index (Phi) is 8.60. The first-order chi connectivity index (χ1) is 16.4. The second-order valence-electron chi connectivity index (χ2n) is 9.08. The van der Waals surface area contributed by atoms with E-state index in [-0.39, 0.29) is 23.7 Å². The standard InChI is InChI=1S/C25H28Cl2F3NO4/c1-3-35-21(24(23(33)34)11-4-12-24)16-7-10-18(27)19(13-16)31-22(32)20(14(2)25(28,29)30)15-5-8-17(26)9-6-15/h5,7-10,13-15,20-21H,3-4,6,11-12H2,1-2H3,(H,31,32)(H,33,34)/t14-,15?,20+,21?/m1/s1. The van der Waals surface area contributed by atoms with E-state index in [1.165, 1.54) is 24.3 Å². The number of alkyl halides is 3. The maximum atomic E-state index is 13.7. The molecular formula is C25H28Cl2F3NO4. The Morgan fingerprint density at radius 2 is 1.97 bits per heavy atom. The highest BCUT2D eigenvalue weighted by molar-refractivity contribution is 6.33. The van der Waals surface area contributed by atoms with E-state index in [0.717, 1.165) is 13.3 Å². The van der Waals surface area contributed by atoms with Crippen molar-refractivity contribution in [2.24, 2.45) is 23.2 Å². The number of carbonyl (C=O) groups is 2. The third kappa shape index (κ3) is 5.87. The van der Waals surface area contributed by atoms with Gasteiger partial charge >= 0.3 is 12.1 Å². The molecule has 2 aliphatic rings. The maximum Gasteiger partial charge on any atom is 0.392 e.